The zero-order valence-electron chi connectivity index (χ0n) is 12.4. The summed E-state index contributed by atoms with van der Waals surface area (Å²) >= 11 is 0. The van der Waals surface area contributed by atoms with Crippen molar-refractivity contribution in [1.29, 1.82) is 0 Å². The number of carbonyl (C=O) groups is 1. The summed E-state index contributed by atoms with van der Waals surface area (Å²) in [6, 6.07) is 2.65. The minimum absolute atomic E-state index is 0.00537. The van der Waals surface area contributed by atoms with Gasteiger partial charge in [0.25, 0.3) is 15.9 Å². The molecular weight excluding hydrogens is 308 g/mol. The predicted octanol–water partition coefficient (Wildman–Crippen LogP) is 0.707. The van der Waals surface area contributed by atoms with Gasteiger partial charge in [0.15, 0.2) is 5.76 Å². The van der Waals surface area contributed by atoms with Crippen molar-refractivity contribution in [3.63, 3.8) is 0 Å². The highest BCUT2D eigenvalue weighted by atomic mass is 32.2. The first-order valence-corrected chi connectivity index (χ1v) is 8.92. The summed E-state index contributed by atoms with van der Waals surface area (Å²) in [5.41, 5.74) is -0.508. The number of hydrogen-bond acceptors (Lipinski definition) is 5. The lowest BCUT2D eigenvalue weighted by Gasteiger charge is -2.36. The van der Waals surface area contributed by atoms with Crippen molar-refractivity contribution in [1.82, 2.24) is 9.62 Å². The van der Waals surface area contributed by atoms with E-state index >= 15 is 0 Å². The first kappa shape index (κ1) is 15.5. The molecule has 1 unspecified atom stereocenters. The maximum Gasteiger partial charge on any atom is 0.290 e. The molecule has 1 atom stereocenters. The Bertz CT molecular complexity index is 675. The third-order valence-electron chi connectivity index (χ3n) is 4.82. The molecule has 2 aliphatic rings. The van der Waals surface area contributed by atoms with Crippen LogP contribution in [0.4, 0.5) is 0 Å². The Labute approximate surface area is 129 Å². The highest BCUT2D eigenvalue weighted by Crippen LogP contribution is 2.44. The number of rotatable bonds is 3. The summed E-state index contributed by atoms with van der Waals surface area (Å²) in [5.74, 6) is -0.356. The molecule has 0 bridgehead atoms. The third kappa shape index (κ3) is 2.26. The zero-order valence-corrected chi connectivity index (χ0v) is 13.2. The van der Waals surface area contributed by atoms with Crippen LogP contribution in [0.1, 0.15) is 42.7 Å². The summed E-state index contributed by atoms with van der Waals surface area (Å²) in [5, 5.41) is 10.0. The van der Waals surface area contributed by atoms with Crippen molar-refractivity contribution >= 4 is 15.9 Å². The number of aliphatic hydroxyl groups excluding tert-OH is 1. The summed E-state index contributed by atoms with van der Waals surface area (Å²) < 4.78 is 30.8. The lowest BCUT2D eigenvalue weighted by Crippen LogP contribution is -2.50. The number of sulfonamides is 1. The second-order valence-electron chi connectivity index (χ2n) is 5.90. The number of furan rings is 1. The molecule has 2 fully saturated rings. The quantitative estimate of drug-likeness (QED) is 0.851. The van der Waals surface area contributed by atoms with Crippen LogP contribution in [0.2, 0.25) is 0 Å². The summed E-state index contributed by atoms with van der Waals surface area (Å²) in [7, 11) is -2.43. The van der Waals surface area contributed by atoms with Gasteiger partial charge in [0.05, 0.1) is 11.6 Å². The van der Waals surface area contributed by atoms with Crippen LogP contribution in [-0.2, 0) is 10.0 Å². The van der Waals surface area contributed by atoms with E-state index in [1.807, 2.05) is 0 Å². The molecule has 1 saturated carbocycles. The van der Waals surface area contributed by atoms with E-state index in [0.717, 1.165) is 25.7 Å². The summed E-state index contributed by atoms with van der Waals surface area (Å²) in [6.07, 6.45) is 3.56. The molecule has 22 heavy (non-hydrogen) atoms. The van der Waals surface area contributed by atoms with E-state index in [9.17, 15) is 18.3 Å². The second kappa shape index (κ2) is 5.36. The van der Waals surface area contributed by atoms with Crippen LogP contribution in [0, 0.1) is 0 Å². The zero-order chi connectivity index (χ0) is 16.0. The lowest BCUT2D eigenvalue weighted by atomic mass is 9.91. The van der Waals surface area contributed by atoms with E-state index in [4.69, 9.17) is 4.42 Å². The minimum Gasteiger partial charge on any atom is -0.438 e. The van der Waals surface area contributed by atoms with Crippen molar-refractivity contribution in [2.24, 2.45) is 0 Å². The SMILES string of the molecule is CNS(=O)(=O)c1ccc(C(=O)N2CCC(O)C23CCCC3)o1. The van der Waals surface area contributed by atoms with Gasteiger partial charge in [-0.15, -0.1) is 0 Å². The molecule has 2 heterocycles. The molecule has 3 rings (SSSR count). The van der Waals surface area contributed by atoms with Gasteiger partial charge >= 0.3 is 0 Å². The molecule has 1 aliphatic heterocycles. The Morgan fingerprint density at radius 2 is 2.09 bits per heavy atom. The molecular formula is C14H20N2O5S. The van der Waals surface area contributed by atoms with Gasteiger partial charge in [0.2, 0.25) is 5.09 Å². The Hall–Kier alpha value is -1.38. The predicted molar refractivity (Wildman–Crippen MR) is 77.8 cm³/mol. The highest BCUT2D eigenvalue weighted by molar-refractivity contribution is 7.89. The van der Waals surface area contributed by atoms with Crippen LogP contribution in [0.15, 0.2) is 21.6 Å². The van der Waals surface area contributed by atoms with Crippen molar-refractivity contribution in [3.8, 4) is 0 Å². The molecule has 8 heteroatoms. The fraction of sp³-hybridized carbons (Fsp3) is 0.643. The number of aliphatic hydroxyl groups is 1. The third-order valence-corrected chi connectivity index (χ3v) is 6.11. The van der Waals surface area contributed by atoms with Gasteiger partial charge in [0, 0.05) is 6.54 Å². The molecule has 122 valence electrons. The Balaban J connectivity index is 1.88. The standard InChI is InChI=1S/C14H20N2O5S/c1-15-22(19,20)12-5-4-10(21-12)13(18)16-9-6-11(17)14(16)7-2-3-8-14/h4-5,11,15,17H,2-3,6-9H2,1H3. The highest BCUT2D eigenvalue weighted by Gasteiger charge is 2.52. The molecule has 1 aromatic rings. The Morgan fingerprint density at radius 1 is 1.41 bits per heavy atom. The largest absolute Gasteiger partial charge is 0.438 e. The van der Waals surface area contributed by atoms with Gasteiger partial charge in [0.1, 0.15) is 0 Å². The molecule has 1 aliphatic carbocycles. The monoisotopic (exact) mass is 328 g/mol. The number of nitrogens with one attached hydrogen (secondary N) is 1. The van der Waals surface area contributed by atoms with E-state index in [-0.39, 0.29) is 16.8 Å². The maximum absolute atomic E-state index is 12.7. The van der Waals surface area contributed by atoms with Crippen LogP contribution in [0.25, 0.3) is 0 Å². The van der Waals surface area contributed by atoms with Gasteiger partial charge in [-0.25, -0.2) is 13.1 Å². The molecule has 1 amide bonds. The molecule has 1 spiro atoms. The van der Waals surface area contributed by atoms with E-state index in [1.165, 1.54) is 19.2 Å². The van der Waals surface area contributed by atoms with Gasteiger partial charge < -0.3 is 14.4 Å². The average molecular weight is 328 g/mol. The first-order chi connectivity index (χ1) is 10.4. The van der Waals surface area contributed by atoms with Crippen LogP contribution in [-0.4, -0.2) is 49.6 Å². The Morgan fingerprint density at radius 3 is 2.73 bits per heavy atom. The van der Waals surface area contributed by atoms with Gasteiger partial charge in [-0.3, -0.25) is 4.79 Å². The van der Waals surface area contributed by atoms with E-state index < -0.39 is 21.7 Å². The molecule has 0 radical (unpaired) electrons. The fourth-order valence-corrected chi connectivity index (χ4v) is 4.28. The van der Waals surface area contributed by atoms with Crippen molar-refractivity contribution in [2.75, 3.05) is 13.6 Å². The topological polar surface area (TPSA) is 99.9 Å². The van der Waals surface area contributed by atoms with Gasteiger partial charge in [-0.05, 0) is 38.4 Å². The summed E-state index contributed by atoms with van der Waals surface area (Å²) in [4.78, 5) is 14.4. The number of amides is 1. The van der Waals surface area contributed by atoms with Crippen LogP contribution in [0.5, 0.6) is 0 Å². The van der Waals surface area contributed by atoms with E-state index in [2.05, 4.69) is 4.72 Å². The molecule has 2 N–H and O–H groups in total. The van der Waals surface area contributed by atoms with Crippen LogP contribution < -0.4 is 4.72 Å². The molecule has 0 aromatic carbocycles. The lowest BCUT2D eigenvalue weighted by molar-refractivity contribution is 0.0237. The number of likely N-dealkylation sites (tertiary alicyclic amines) is 1. The van der Waals surface area contributed by atoms with Gasteiger partial charge in [-0.2, -0.15) is 0 Å². The first-order valence-electron chi connectivity index (χ1n) is 7.44. The van der Waals surface area contributed by atoms with Crippen LogP contribution in [0.3, 0.4) is 0 Å². The minimum atomic E-state index is -3.71. The normalized spacial score (nSPS) is 24.3. The number of nitrogens with zero attached hydrogens (tertiary/aromatic N) is 1. The second-order valence-corrected chi connectivity index (χ2v) is 7.72. The van der Waals surface area contributed by atoms with E-state index in [1.54, 1.807) is 4.90 Å². The average Bonchev–Trinajstić information content (AvgIpc) is 3.22. The molecule has 1 aromatic heterocycles. The van der Waals surface area contributed by atoms with Crippen molar-refractivity contribution < 1.29 is 22.7 Å². The van der Waals surface area contributed by atoms with Crippen LogP contribution >= 0.6 is 0 Å². The van der Waals surface area contributed by atoms with Crippen molar-refractivity contribution in [2.45, 2.75) is 48.8 Å². The smallest absolute Gasteiger partial charge is 0.290 e. The van der Waals surface area contributed by atoms with E-state index in [0.29, 0.717) is 13.0 Å². The van der Waals surface area contributed by atoms with Crippen molar-refractivity contribution in [3.05, 3.63) is 17.9 Å². The number of hydrogen-bond donors (Lipinski definition) is 2. The fourth-order valence-electron chi connectivity index (χ4n) is 3.63. The van der Waals surface area contributed by atoms with Gasteiger partial charge in [-0.1, -0.05) is 12.8 Å². The molecule has 7 nitrogen and oxygen atoms in total. The molecule has 1 saturated heterocycles. The maximum atomic E-state index is 12.7. The Kier molecular flexibility index (Phi) is 3.78. The number of carbonyl (C=O) groups excluding carboxylic acids is 1. The summed E-state index contributed by atoms with van der Waals surface area (Å²) in [6.45, 7) is 0.467.